The molecule has 118 valence electrons. The summed E-state index contributed by atoms with van der Waals surface area (Å²) < 4.78 is 42.5. The molecule has 21 heavy (non-hydrogen) atoms. The molecule has 0 heterocycles. The third-order valence-corrected chi connectivity index (χ3v) is 2.97. The molecule has 0 aliphatic carbocycles. The summed E-state index contributed by atoms with van der Waals surface area (Å²) in [7, 11) is 1.46. The number of nitrogens with zero attached hydrogens (tertiary/aromatic N) is 1. The predicted molar refractivity (Wildman–Crippen MR) is 77.3 cm³/mol. The quantitative estimate of drug-likeness (QED) is 0.748. The highest BCUT2D eigenvalue weighted by Crippen LogP contribution is 2.22. The van der Waals surface area contributed by atoms with E-state index < -0.39 is 12.7 Å². The van der Waals surface area contributed by atoms with Gasteiger partial charge >= 0.3 is 6.18 Å². The van der Waals surface area contributed by atoms with Crippen LogP contribution in [-0.2, 0) is 6.54 Å². The number of alkyl halides is 3. The number of ether oxygens (including phenoxy) is 1. The van der Waals surface area contributed by atoms with Gasteiger partial charge in [-0.25, -0.2) is 0 Å². The van der Waals surface area contributed by atoms with Crippen molar-refractivity contribution in [3.63, 3.8) is 0 Å². The van der Waals surface area contributed by atoms with E-state index in [2.05, 4.69) is 0 Å². The Bertz CT molecular complexity index is 495. The molecule has 0 spiro atoms. The number of aliphatic hydroxyl groups is 1. The number of nitrogens with two attached hydrogens (primary N) is 1. The minimum Gasteiger partial charge on any atom is -0.496 e. The van der Waals surface area contributed by atoms with E-state index >= 15 is 0 Å². The predicted octanol–water partition coefficient (Wildman–Crippen LogP) is 1.69. The van der Waals surface area contributed by atoms with E-state index in [1.807, 2.05) is 0 Å². The number of methoxy groups -OCH3 is 1. The van der Waals surface area contributed by atoms with Gasteiger partial charge in [0.2, 0.25) is 0 Å². The van der Waals surface area contributed by atoms with E-state index in [0.29, 0.717) is 16.9 Å². The van der Waals surface area contributed by atoms with E-state index in [9.17, 15) is 13.2 Å². The van der Waals surface area contributed by atoms with Crippen LogP contribution in [0.2, 0.25) is 0 Å². The van der Waals surface area contributed by atoms with Gasteiger partial charge in [0.05, 0.1) is 25.8 Å². The molecule has 4 nitrogen and oxygen atoms in total. The summed E-state index contributed by atoms with van der Waals surface area (Å²) in [5, 5.41) is 8.87. The van der Waals surface area contributed by atoms with Gasteiger partial charge in [-0.2, -0.15) is 13.2 Å². The van der Waals surface area contributed by atoms with Crippen LogP contribution >= 0.6 is 12.2 Å². The summed E-state index contributed by atoms with van der Waals surface area (Å²) >= 11 is 4.89. The highest BCUT2D eigenvalue weighted by Gasteiger charge is 2.30. The number of halogens is 3. The monoisotopic (exact) mass is 322 g/mol. The van der Waals surface area contributed by atoms with Crippen LogP contribution in [-0.4, -0.2) is 48.0 Å². The Hall–Kier alpha value is -1.38. The van der Waals surface area contributed by atoms with Gasteiger partial charge in [-0.3, -0.25) is 4.90 Å². The zero-order valence-corrected chi connectivity index (χ0v) is 12.3. The Balaban J connectivity index is 2.93. The second kappa shape index (κ2) is 7.58. The van der Waals surface area contributed by atoms with Crippen molar-refractivity contribution in [2.45, 2.75) is 12.7 Å². The largest absolute Gasteiger partial charge is 0.496 e. The van der Waals surface area contributed by atoms with Gasteiger partial charge in [-0.15, -0.1) is 0 Å². The summed E-state index contributed by atoms with van der Waals surface area (Å²) in [5.74, 6) is 0.468. The topological polar surface area (TPSA) is 58.7 Å². The first-order chi connectivity index (χ1) is 9.76. The average Bonchev–Trinajstić information content (AvgIpc) is 2.37. The minimum atomic E-state index is -4.33. The van der Waals surface area contributed by atoms with Gasteiger partial charge in [-0.05, 0) is 17.7 Å². The second-order valence-corrected chi connectivity index (χ2v) is 4.89. The van der Waals surface area contributed by atoms with E-state index in [-0.39, 0.29) is 24.7 Å². The Morgan fingerprint density at radius 1 is 1.43 bits per heavy atom. The van der Waals surface area contributed by atoms with Gasteiger partial charge in [0.1, 0.15) is 10.7 Å². The maximum Gasteiger partial charge on any atom is 0.401 e. The van der Waals surface area contributed by atoms with Gasteiger partial charge < -0.3 is 15.6 Å². The Morgan fingerprint density at radius 2 is 2.10 bits per heavy atom. The summed E-state index contributed by atoms with van der Waals surface area (Å²) in [6.45, 7) is -1.50. The summed E-state index contributed by atoms with van der Waals surface area (Å²) in [5.41, 5.74) is 6.65. The van der Waals surface area contributed by atoms with E-state index in [4.69, 9.17) is 27.8 Å². The SMILES string of the molecule is COc1ccc(CN(CCO)CC(F)(F)F)cc1C(N)=S. The molecule has 0 aliphatic heterocycles. The lowest BCUT2D eigenvalue weighted by Gasteiger charge is -2.23. The smallest absolute Gasteiger partial charge is 0.401 e. The van der Waals surface area contributed by atoms with Gasteiger partial charge in [-0.1, -0.05) is 18.3 Å². The number of hydrogen-bond acceptors (Lipinski definition) is 4. The van der Waals surface area contributed by atoms with Crippen molar-refractivity contribution in [1.29, 1.82) is 0 Å². The van der Waals surface area contributed by atoms with Crippen LogP contribution in [0.5, 0.6) is 5.75 Å². The summed E-state index contributed by atoms with van der Waals surface area (Å²) in [4.78, 5) is 1.21. The molecule has 0 radical (unpaired) electrons. The minimum absolute atomic E-state index is 0.0275. The van der Waals surface area contributed by atoms with Crippen molar-refractivity contribution in [1.82, 2.24) is 4.90 Å². The Kier molecular flexibility index (Phi) is 6.38. The number of thiocarbonyl (C=S) groups is 1. The van der Waals surface area contributed by atoms with Crippen molar-refractivity contribution in [2.75, 3.05) is 26.8 Å². The van der Waals surface area contributed by atoms with E-state index in [1.54, 1.807) is 18.2 Å². The van der Waals surface area contributed by atoms with Crippen LogP contribution < -0.4 is 10.5 Å². The molecular weight excluding hydrogens is 305 g/mol. The average molecular weight is 322 g/mol. The molecular formula is C13H17F3N2O2S. The van der Waals surface area contributed by atoms with Gasteiger partial charge in [0.15, 0.2) is 0 Å². The second-order valence-electron chi connectivity index (χ2n) is 4.45. The van der Waals surface area contributed by atoms with Crippen molar-refractivity contribution in [2.24, 2.45) is 5.73 Å². The first-order valence-electron chi connectivity index (χ1n) is 6.13. The van der Waals surface area contributed by atoms with Crippen molar-refractivity contribution in [3.8, 4) is 5.75 Å². The van der Waals surface area contributed by atoms with Gasteiger partial charge in [0, 0.05) is 13.1 Å². The number of aliphatic hydroxyl groups excluding tert-OH is 1. The molecule has 0 aliphatic rings. The fourth-order valence-electron chi connectivity index (χ4n) is 1.91. The van der Waals surface area contributed by atoms with Crippen LogP contribution in [0.3, 0.4) is 0 Å². The molecule has 1 aromatic carbocycles. The highest BCUT2D eigenvalue weighted by atomic mass is 32.1. The van der Waals surface area contributed by atoms with Gasteiger partial charge in [0.25, 0.3) is 0 Å². The fraction of sp³-hybridized carbons (Fsp3) is 0.462. The molecule has 1 rings (SSSR count). The van der Waals surface area contributed by atoms with Crippen LogP contribution in [0.25, 0.3) is 0 Å². The molecule has 0 atom stereocenters. The lowest BCUT2D eigenvalue weighted by Crippen LogP contribution is -2.35. The normalized spacial score (nSPS) is 11.7. The molecule has 0 amide bonds. The molecule has 0 aromatic heterocycles. The lowest BCUT2D eigenvalue weighted by atomic mass is 10.1. The third kappa shape index (κ3) is 5.86. The molecule has 0 saturated heterocycles. The zero-order chi connectivity index (χ0) is 16.0. The van der Waals surface area contributed by atoms with Crippen molar-refractivity contribution in [3.05, 3.63) is 29.3 Å². The maximum atomic E-state index is 12.5. The molecule has 0 fully saturated rings. The maximum absolute atomic E-state index is 12.5. The Morgan fingerprint density at radius 3 is 2.57 bits per heavy atom. The fourth-order valence-corrected chi connectivity index (χ4v) is 2.07. The number of hydrogen-bond donors (Lipinski definition) is 2. The lowest BCUT2D eigenvalue weighted by molar-refractivity contribution is -0.147. The molecule has 0 saturated carbocycles. The first-order valence-corrected chi connectivity index (χ1v) is 6.54. The Labute approximate surface area is 126 Å². The molecule has 0 unspecified atom stereocenters. The number of rotatable bonds is 7. The molecule has 0 bridgehead atoms. The zero-order valence-electron chi connectivity index (χ0n) is 11.5. The van der Waals surface area contributed by atoms with E-state index in [0.717, 1.165) is 4.90 Å². The van der Waals surface area contributed by atoms with Crippen LogP contribution in [0.1, 0.15) is 11.1 Å². The van der Waals surface area contributed by atoms with Crippen molar-refractivity contribution >= 4 is 17.2 Å². The standard InChI is InChI=1S/C13H17F3N2O2S/c1-20-11-3-2-9(6-10(11)12(17)21)7-18(4-5-19)8-13(14,15)16/h2-3,6,19H,4-5,7-8H2,1H3,(H2,17,21). The summed E-state index contributed by atoms with van der Waals surface area (Å²) in [6, 6.07) is 4.85. The van der Waals surface area contributed by atoms with Crippen LogP contribution in [0.4, 0.5) is 13.2 Å². The van der Waals surface area contributed by atoms with Crippen LogP contribution in [0, 0.1) is 0 Å². The van der Waals surface area contributed by atoms with E-state index in [1.165, 1.54) is 7.11 Å². The van der Waals surface area contributed by atoms with Crippen LogP contribution in [0.15, 0.2) is 18.2 Å². The molecule has 1 aromatic rings. The van der Waals surface area contributed by atoms with Crippen molar-refractivity contribution < 1.29 is 23.0 Å². The first kappa shape index (κ1) is 17.7. The third-order valence-electron chi connectivity index (χ3n) is 2.75. The molecule has 3 N–H and O–H groups in total. The highest BCUT2D eigenvalue weighted by molar-refractivity contribution is 7.80. The summed E-state index contributed by atoms with van der Waals surface area (Å²) in [6.07, 6.45) is -4.33. The molecule has 8 heteroatoms. The number of benzene rings is 1.